The van der Waals surface area contributed by atoms with Crippen LogP contribution in [0.5, 0.6) is 0 Å². The minimum absolute atomic E-state index is 0.202. The van der Waals surface area contributed by atoms with E-state index in [9.17, 15) is 0 Å². The Kier molecular flexibility index (Phi) is 12.7. The standard InChI is InChI=1S/C61H38O.C42H26O/c1-4-17-41(18-5-1)56-47-24-12-14-26-49(47)57(50-27-15-13-25-48(50)56)42-30-28-39(29-31-42)43-33-37-55-52(38-43)51-34-36-54-59(60(51)62-55)58-46-23-11-10-16-40(46)32-35-53(58)61(54,44-19-6-2-7-20-44)45-21-8-3-9-22-45;1-2-13-28(14-3-1)40-33-17-6-8-19-35(33)41(36-20-9-7-18-34(36)40)31-25-37(30-23-22-27-12-4-5-15-29(27)24-30)42-38(26-31)32-16-10-11-21-39(32)43-42/h1-38H;1-26H/i;1D,2D,3D,13D,14D. The van der Waals surface area contributed by atoms with Crippen LogP contribution in [0.1, 0.15) is 29.1 Å². The Morgan fingerprint density at radius 3 is 1.24 bits per heavy atom. The molecule has 0 atom stereocenters. The molecular formula is C103H64O2. The van der Waals surface area contributed by atoms with Gasteiger partial charge in [-0.2, -0.15) is 0 Å². The van der Waals surface area contributed by atoms with E-state index in [0.717, 1.165) is 98.6 Å². The Morgan fingerprint density at radius 1 is 0.210 bits per heavy atom. The lowest BCUT2D eigenvalue weighted by atomic mass is 9.67. The quantitative estimate of drug-likeness (QED) is 0.142. The van der Waals surface area contributed by atoms with Crippen molar-refractivity contribution in [3.63, 3.8) is 0 Å². The van der Waals surface area contributed by atoms with E-state index < -0.39 is 11.5 Å². The number of para-hydroxylation sites is 1. The number of rotatable bonds is 8. The average Bonchev–Trinajstić information content (AvgIpc) is 1.42. The van der Waals surface area contributed by atoms with E-state index in [4.69, 9.17) is 15.7 Å². The van der Waals surface area contributed by atoms with E-state index in [2.05, 4.69) is 297 Å². The molecule has 19 aromatic carbocycles. The van der Waals surface area contributed by atoms with E-state index in [1.807, 2.05) is 60.7 Å². The van der Waals surface area contributed by atoms with Crippen molar-refractivity contribution in [2.24, 2.45) is 0 Å². The van der Waals surface area contributed by atoms with E-state index in [0.29, 0.717) is 5.56 Å². The maximum Gasteiger partial charge on any atom is 0.143 e. The maximum atomic E-state index is 8.89. The molecule has 0 amide bonds. The first-order valence-corrected chi connectivity index (χ1v) is 35.9. The first kappa shape index (κ1) is 55.1. The van der Waals surface area contributed by atoms with Gasteiger partial charge in [0.2, 0.25) is 0 Å². The van der Waals surface area contributed by atoms with Gasteiger partial charge in [-0.1, -0.05) is 352 Å². The van der Waals surface area contributed by atoms with Gasteiger partial charge in [0.1, 0.15) is 22.3 Å². The third kappa shape index (κ3) is 9.44. The lowest BCUT2D eigenvalue weighted by molar-refractivity contribution is 0.669. The van der Waals surface area contributed by atoms with Gasteiger partial charge in [-0.15, -0.1) is 0 Å². The van der Waals surface area contributed by atoms with Gasteiger partial charge in [0, 0.05) is 32.7 Å². The Bertz CT molecular complexity index is 7200. The van der Waals surface area contributed by atoms with Crippen LogP contribution >= 0.6 is 0 Å². The Balaban J connectivity index is 0.000000144. The monoisotopic (exact) mass is 1340 g/mol. The second kappa shape index (κ2) is 24.3. The summed E-state index contributed by atoms with van der Waals surface area (Å²) in [5, 5.41) is 17.6. The summed E-state index contributed by atoms with van der Waals surface area (Å²) >= 11 is 0. The van der Waals surface area contributed by atoms with E-state index in [1.54, 1.807) is 0 Å². The van der Waals surface area contributed by atoms with Crippen LogP contribution in [0.3, 0.4) is 0 Å². The van der Waals surface area contributed by atoms with Crippen LogP contribution in [-0.4, -0.2) is 0 Å². The third-order valence-corrected chi connectivity index (χ3v) is 22.0. The Hall–Kier alpha value is -13.7. The molecule has 0 saturated heterocycles. The summed E-state index contributed by atoms with van der Waals surface area (Å²) in [4.78, 5) is 0. The predicted octanol–water partition coefficient (Wildman–Crippen LogP) is 28.5. The molecule has 0 bridgehead atoms. The minimum atomic E-state index is -0.518. The maximum absolute atomic E-state index is 8.89. The van der Waals surface area contributed by atoms with Gasteiger partial charge in [-0.05, 0) is 190 Å². The number of furan rings is 2. The molecule has 0 fully saturated rings. The molecule has 21 aromatic rings. The fourth-order valence-corrected chi connectivity index (χ4v) is 17.6. The Morgan fingerprint density at radius 2 is 0.629 bits per heavy atom. The normalized spacial score (nSPS) is 13.1. The number of fused-ring (bicyclic) bond motifs is 17. The molecule has 1 aliphatic carbocycles. The smallest absolute Gasteiger partial charge is 0.143 e. The van der Waals surface area contributed by atoms with Crippen molar-refractivity contribution in [2.75, 3.05) is 0 Å². The van der Waals surface area contributed by atoms with Gasteiger partial charge < -0.3 is 8.83 Å². The van der Waals surface area contributed by atoms with Gasteiger partial charge >= 0.3 is 0 Å². The Labute approximate surface area is 614 Å². The molecule has 0 saturated carbocycles. The summed E-state index contributed by atoms with van der Waals surface area (Å²) in [5.74, 6) is 0. The summed E-state index contributed by atoms with van der Waals surface area (Å²) in [7, 11) is 0. The number of hydrogen-bond donors (Lipinski definition) is 0. The highest BCUT2D eigenvalue weighted by atomic mass is 16.3. The highest BCUT2D eigenvalue weighted by Crippen LogP contribution is 2.60. The first-order chi connectivity index (χ1) is 54.2. The van der Waals surface area contributed by atoms with Crippen LogP contribution in [0.25, 0.3) is 186 Å². The highest BCUT2D eigenvalue weighted by molar-refractivity contribution is 6.25. The molecular weight excluding hydrogens is 1270 g/mol. The zero-order chi connectivity index (χ0) is 73.5. The van der Waals surface area contributed by atoms with Gasteiger partial charge in [0.25, 0.3) is 0 Å². The van der Waals surface area contributed by atoms with Gasteiger partial charge in [0.05, 0.1) is 12.3 Å². The van der Waals surface area contributed by atoms with E-state index in [1.165, 1.54) is 98.9 Å². The van der Waals surface area contributed by atoms with Crippen LogP contribution in [0.15, 0.2) is 397 Å². The van der Waals surface area contributed by atoms with Crippen molar-refractivity contribution in [3.05, 3.63) is 410 Å². The summed E-state index contributed by atoms with van der Waals surface area (Å²) in [6.07, 6.45) is 0. The summed E-state index contributed by atoms with van der Waals surface area (Å²) in [5.41, 5.74) is 22.6. The molecule has 2 heteroatoms. The molecule has 488 valence electrons. The van der Waals surface area contributed by atoms with Crippen molar-refractivity contribution >= 4 is 109 Å². The van der Waals surface area contributed by atoms with E-state index in [-0.39, 0.29) is 29.7 Å². The van der Waals surface area contributed by atoms with Crippen LogP contribution in [0.4, 0.5) is 0 Å². The SMILES string of the molecule is [2H]c1c([2H])c([2H])c(-c2c3ccccc3c(-c3cc(-c4ccc5ccccc5c4)c4oc5ccccc5c4c3)c3ccccc23)c([2H])c1[2H].c1ccc(-c2c3ccccc3c(-c3ccc(-c4ccc5oc6c7c(ccc6c5c4)C(c4ccccc4)(c4ccccc4)c4ccc5ccccc5c4-7)cc3)c3ccccc23)cc1. The van der Waals surface area contributed by atoms with Crippen molar-refractivity contribution < 1.29 is 15.7 Å². The fourth-order valence-electron chi connectivity index (χ4n) is 17.6. The van der Waals surface area contributed by atoms with Gasteiger partial charge in [-0.3, -0.25) is 0 Å². The molecule has 0 aliphatic heterocycles. The topological polar surface area (TPSA) is 26.3 Å². The van der Waals surface area contributed by atoms with Crippen molar-refractivity contribution in [2.45, 2.75) is 5.41 Å². The summed E-state index contributed by atoms with van der Waals surface area (Å²) in [6, 6.07) is 126. The number of benzene rings is 19. The molecule has 0 radical (unpaired) electrons. The molecule has 1 aliphatic rings. The molecule has 2 aromatic heterocycles. The molecule has 2 heterocycles. The summed E-state index contributed by atoms with van der Waals surface area (Å²) in [6.45, 7) is 0. The zero-order valence-electron chi connectivity index (χ0n) is 61.9. The molecule has 0 spiro atoms. The first-order valence-electron chi connectivity index (χ1n) is 38.4. The van der Waals surface area contributed by atoms with Crippen LogP contribution in [0, 0.1) is 0 Å². The van der Waals surface area contributed by atoms with Crippen molar-refractivity contribution in [1.82, 2.24) is 0 Å². The van der Waals surface area contributed by atoms with Crippen molar-refractivity contribution in [1.29, 1.82) is 0 Å². The lowest BCUT2D eigenvalue weighted by Crippen LogP contribution is -2.28. The molecule has 0 unspecified atom stereocenters. The third-order valence-electron chi connectivity index (χ3n) is 22.0. The largest absolute Gasteiger partial charge is 0.455 e. The molecule has 2 nitrogen and oxygen atoms in total. The highest BCUT2D eigenvalue weighted by Gasteiger charge is 2.48. The van der Waals surface area contributed by atoms with Crippen molar-refractivity contribution in [3.8, 4) is 77.9 Å². The zero-order valence-corrected chi connectivity index (χ0v) is 56.9. The predicted molar refractivity (Wildman–Crippen MR) is 442 cm³/mol. The second-order valence-electron chi connectivity index (χ2n) is 27.6. The van der Waals surface area contributed by atoms with Gasteiger partial charge in [-0.25, -0.2) is 0 Å². The fraction of sp³-hybridized carbons (Fsp3) is 0.00971. The summed E-state index contributed by atoms with van der Waals surface area (Å²) < 4.78 is 56.5. The minimum Gasteiger partial charge on any atom is -0.455 e. The van der Waals surface area contributed by atoms with E-state index >= 15 is 0 Å². The van der Waals surface area contributed by atoms with Crippen LogP contribution < -0.4 is 0 Å². The molecule has 105 heavy (non-hydrogen) atoms. The molecule has 0 N–H and O–H groups in total. The molecule has 22 rings (SSSR count). The average molecular weight is 1340 g/mol. The number of hydrogen-bond acceptors (Lipinski definition) is 2. The second-order valence-corrected chi connectivity index (χ2v) is 27.6. The lowest BCUT2D eigenvalue weighted by Gasteiger charge is -2.33. The van der Waals surface area contributed by atoms with Crippen LogP contribution in [0.2, 0.25) is 0 Å². The van der Waals surface area contributed by atoms with Crippen LogP contribution in [-0.2, 0) is 5.41 Å². The van der Waals surface area contributed by atoms with Gasteiger partial charge in [0.15, 0.2) is 0 Å².